The second kappa shape index (κ2) is 3.97. The summed E-state index contributed by atoms with van der Waals surface area (Å²) in [5.41, 5.74) is 1.25. The molecule has 5 rings (SSSR count). The van der Waals surface area contributed by atoms with E-state index in [2.05, 4.69) is 12.2 Å². The summed E-state index contributed by atoms with van der Waals surface area (Å²) in [4.78, 5) is 25.8. The maximum atomic E-state index is 12.9. The van der Waals surface area contributed by atoms with E-state index in [0.29, 0.717) is 11.1 Å². The van der Waals surface area contributed by atoms with E-state index in [1.54, 1.807) is 0 Å². The van der Waals surface area contributed by atoms with Gasteiger partial charge >= 0.3 is 0 Å². The van der Waals surface area contributed by atoms with Crippen LogP contribution in [-0.2, 0) is 0 Å². The number of rotatable bonds is 0. The molecule has 4 atom stereocenters. The molecule has 0 radical (unpaired) electrons. The lowest BCUT2D eigenvalue weighted by Crippen LogP contribution is -2.38. The van der Waals surface area contributed by atoms with Gasteiger partial charge in [-0.05, 0) is 30.4 Å². The van der Waals surface area contributed by atoms with Gasteiger partial charge in [0, 0.05) is 32.4 Å². The lowest BCUT2D eigenvalue weighted by atomic mass is 9.69. The van der Waals surface area contributed by atoms with E-state index in [1.165, 1.54) is 22.7 Å². The number of carbonyl (C=O) groups is 2. The van der Waals surface area contributed by atoms with Crippen molar-refractivity contribution in [3.8, 4) is 0 Å². The Balaban J connectivity index is 1.79. The van der Waals surface area contributed by atoms with Gasteiger partial charge in [-0.15, -0.1) is 22.7 Å². The second-order valence-electron chi connectivity index (χ2n) is 6.03. The Hall–Kier alpha value is -1.17. The topological polar surface area (TPSA) is 34.1 Å². The highest BCUT2D eigenvalue weighted by molar-refractivity contribution is 7.77. The van der Waals surface area contributed by atoms with Crippen LogP contribution in [0.15, 0.2) is 24.3 Å². The normalized spacial score (nSPS) is 32.8. The van der Waals surface area contributed by atoms with Crippen molar-refractivity contribution in [2.75, 3.05) is 0 Å². The number of carbonyl (C=O) groups excluding carboxylic acids is 2. The van der Waals surface area contributed by atoms with Gasteiger partial charge in [-0.2, -0.15) is 0 Å². The minimum Gasteiger partial charge on any atom is -0.294 e. The van der Waals surface area contributed by atoms with E-state index >= 15 is 0 Å². The lowest BCUT2D eigenvalue weighted by Gasteiger charge is -2.31. The Bertz CT molecular complexity index is 847. The van der Waals surface area contributed by atoms with Gasteiger partial charge in [-0.25, -0.2) is 0 Å². The minimum absolute atomic E-state index is 0.121. The summed E-state index contributed by atoms with van der Waals surface area (Å²) >= 11 is 8.28. The fraction of sp³-hybridized carbons (Fsp3) is 0.312. The molecule has 0 N–H and O–H groups in total. The molecule has 0 aliphatic heterocycles. The minimum atomic E-state index is -0.121. The Morgan fingerprint density at radius 3 is 1.86 bits per heavy atom. The highest BCUT2D eigenvalue weighted by Gasteiger charge is 2.54. The van der Waals surface area contributed by atoms with Crippen molar-refractivity contribution < 1.29 is 9.59 Å². The Morgan fingerprint density at radius 1 is 0.905 bits per heavy atom. The fourth-order valence-electron chi connectivity index (χ4n) is 4.22. The fourth-order valence-corrected chi connectivity index (χ4v) is 6.75. The SMILES string of the molecule is O=C1c2cc3sc(=S)sc3cc2C(=O)C2C3C=CC(C3)C12. The zero-order valence-electron chi connectivity index (χ0n) is 10.9. The highest BCUT2D eigenvalue weighted by atomic mass is 32.2. The molecule has 1 fully saturated rings. The van der Waals surface area contributed by atoms with Crippen LogP contribution in [0.1, 0.15) is 27.1 Å². The predicted molar refractivity (Wildman–Crippen MR) is 86.9 cm³/mol. The molecule has 0 saturated heterocycles. The van der Waals surface area contributed by atoms with Gasteiger partial charge in [0.1, 0.15) is 3.14 Å². The van der Waals surface area contributed by atoms with E-state index in [9.17, 15) is 9.59 Å². The first-order chi connectivity index (χ1) is 10.1. The van der Waals surface area contributed by atoms with Gasteiger partial charge in [0.2, 0.25) is 0 Å². The standard InChI is InChI=1S/C16H10O2S3/c17-14-8-4-10-11(21-16(19)20-10)5-9(8)15(18)13-7-2-1-6(3-7)12(13)14/h1-2,4-7,12-13H,3H2. The summed E-state index contributed by atoms with van der Waals surface area (Å²) in [5, 5.41) is 0. The Morgan fingerprint density at radius 2 is 1.38 bits per heavy atom. The first-order valence-corrected chi connectivity index (χ1v) is 9.02. The summed E-state index contributed by atoms with van der Waals surface area (Å²) in [6.07, 6.45) is 5.23. The van der Waals surface area contributed by atoms with Gasteiger partial charge in [0.15, 0.2) is 11.6 Å². The van der Waals surface area contributed by atoms with Crippen LogP contribution in [0.5, 0.6) is 0 Å². The molecule has 1 heterocycles. The third kappa shape index (κ3) is 1.49. The molecule has 21 heavy (non-hydrogen) atoms. The Kier molecular flexibility index (Phi) is 2.34. The van der Waals surface area contributed by atoms with Crippen LogP contribution in [-0.4, -0.2) is 11.6 Å². The molecular weight excluding hydrogens is 320 g/mol. The highest BCUT2D eigenvalue weighted by Crippen LogP contribution is 2.53. The summed E-state index contributed by atoms with van der Waals surface area (Å²) in [7, 11) is 0. The molecule has 2 nitrogen and oxygen atoms in total. The zero-order chi connectivity index (χ0) is 14.3. The maximum absolute atomic E-state index is 12.9. The summed E-state index contributed by atoms with van der Waals surface area (Å²) in [6, 6.07) is 3.79. The number of benzene rings is 1. The van der Waals surface area contributed by atoms with Crippen LogP contribution >= 0.6 is 34.9 Å². The average molecular weight is 330 g/mol. The van der Waals surface area contributed by atoms with Gasteiger partial charge < -0.3 is 0 Å². The van der Waals surface area contributed by atoms with E-state index in [4.69, 9.17) is 12.2 Å². The molecule has 3 aliphatic carbocycles. The molecule has 2 bridgehead atoms. The zero-order valence-corrected chi connectivity index (χ0v) is 13.3. The van der Waals surface area contributed by atoms with Crippen LogP contribution in [0, 0.1) is 26.8 Å². The molecule has 104 valence electrons. The smallest absolute Gasteiger partial charge is 0.168 e. The van der Waals surface area contributed by atoms with E-state index < -0.39 is 0 Å². The molecule has 3 aliphatic rings. The summed E-state index contributed by atoms with van der Waals surface area (Å²) in [6.45, 7) is 0. The largest absolute Gasteiger partial charge is 0.294 e. The molecule has 1 aromatic carbocycles. The molecule has 0 amide bonds. The van der Waals surface area contributed by atoms with Crippen molar-refractivity contribution in [2.45, 2.75) is 6.42 Å². The van der Waals surface area contributed by atoms with Crippen LogP contribution < -0.4 is 0 Å². The molecule has 2 aromatic rings. The number of fused-ring (bicyclic) bond motifs is 7. The number of Topliss-reactive ketones (excluding diaryl/α,β-unsaturated/α-hetero) is 2. The van der Waals surface area contributed by atoms with Crippen molar-refractivity contribution in [2.24, 2.45) is 23.7 Å². The maximum Gasteiger partial charge on any atom is 0.168 e. The van der Waals surface area contributed by atoms with Crippen LogP contribution in [0.25, 0.3) is 9.40 Å². The summed E-state index contributed by atoms with van der Waals surface area (Å²) in [5.74, 6) is 0.616. The quantitative estimate of drug-likeness (QED) is 0.526. The molecule has 1 saturated carbocycles. The number of hydrogen-bond donors (Lipinski definition) is 0. The average Bonchev–Trinajstić information content (AvgIpc) is 3.14. The van der Waals surface area contributed by atoms with E-state index in [1.807, 2.05) is 12.1 Å². The molecule has 5 heteroatoms. The number of ketones is 2. The second-order valence-corrected chi connectivity index (χ2v) is 9.31. The van der Waals surface area contributed by atoms with Crippen LogP contribution in [0.2, 0.25) is 0 Å². The van der Waals surface area contributed by atoms with E-state index in [0.717, 1.165) is 19.0 Å². The number of allylic oxidation sites excluding steroid dienone is 2. The van der Waals surface area contributed by atoms with Crippen molar-refractivity contribution in [1.82, 2.24) is 0 Å². The van der Waals surface area contributed by atoms with Crippen molar-refractivity contribution >= 4 is 55.9 Å². The lowest BCUT2D eigenvalue weighted by molar-refractivity contribution is 0.0721. The van der Waals surface area contributed by atoms with Gasteiger partial charge in [0.05, 0.1) is 0 Å². The van der Waals surface area contributed by atoms with Crippen molar-refractivity contribution in [1.29, 1.82) is 0 Å². The van der Waals surface area contributed by atoms with Gasteiger partial charge in [0.25, 0.3) is 0 Å². The predicted octanol–water partition coefficient (Wildman–Crippen LogP) is 4.51. The molecule has 1 aromatic heterocycles. The molecular formula is C16H10O2S3. The third-order valence-corrected chi connectivity index (χ3v) is 7.64. The Labute approximate surface area is 134 Å². The monoisotopic (exact) mass is 330 g/mol. The first-order valence-electron chi connectivity index (χ1n) is 6.98. The first kappa shape index (κ1) is 12.4. The van der Waals surface area contributed by atoms with Gasteiger partial charge in [-0.3, -0.25) is 9.59 Å². The molecule has 4 unspecified atom stereocenters. The van der Waals surface area contributed by atoms with Crippen LogP contribution in [0.4, 0.5) is 0 Å². The van der Waals surface area contributed by atoms with E-state index in [-0.39, 0.29) is 35.2 Å². The number of hydrogen-bond acceptors (Lipinski definition) is 5. The summed E-state index contributed by atoms with van der Waals surface area (Å²) < 4.78 is 2.90. The van der Waals surface area contributed by atoms with Crippen molar-refractivity contribution in [3.05, 3.63) is 38.5 Å². The molecule has 0 spiro atoms. The third-order valence-electron chi connectivity index (χ3n) is 5.07. The van der Waals surface area contributed by atoms with Crippen molar-refractivity contribution in [3.63, 3.8) is 0 Å². The van der Waals surface area contributed by atoms with Gasteiger partial charge in [-0.1, -0.05) is 24.4 Å². The van der Waals surface area contributed by atoms with Crippen LogP contribution in [0.3, 0.4) is 0 Å².